The van der Waals surface area contributed by atoms with Crippen LogP contribution in [0.2, 0.25) is 0 Å². The predicted octanol–water partition coefficient (Wildman–Crippen LogP) is 5.55. The monoisotopic (exact) mass is 498 g/mol. The van der Waals surface area contributed by atoms with Crippen molar-refractivity contribution in [3.8, 4) is 17.2 Å². The molecule has 180 valence electrons. The van der Waals surface area contributed by atoms with Crippen molar-refractivity contribution in [3.05, 3.63) is 84.7 Å². The van der Waals surface area contributed by atoms with Crippen LogP contribution in [-0.2, 0) is 14.8 Å². The highest BCUT2D eigenvalue weighted by Gasteiger charge is 2.23. The maximum absolute atomic E-state index is 13.3. The maximum atomic E-state index is 13.3. The van der Waals surface area contributed by atoms with Crippen molar-refractivity contribution in [1.29, 1.82) is 5.26 Å². The van der Waals surface area contributed by atoms with Gasteiger partial charge in [-0.2, -0.15) is 22.9 Å². The fraction of sp³-hybridized carbons (Fsp3) is 0.148. The second-order valence-corrected chi connectivity index (χ2v) is 11.0. The zero-order valence-corrected chi connectivity index (χ0v) is 20.7. The minimum absolute atomic E-state index is 0.0930. The van der Waals surface area contributed by atoms with Gasteiger partial charge in [-0.05, 0) is 68.3 Å². The Kier molecular flexibility index (Phi) is 5.42. The average molecular weight is 499 g/mol. The molecule has 0 aliphatic rings. The number of nitrogens with zero attached hydrogens (tertiary/aromatic N) is 4. The summed E-state index contributed by atoms with van der Waals surface area (Å²) in [6.07, 6.45) is 2.52. The number of carbonyl (C=O) groups is 1. The van der Waals surface area contributed by atoms with Crippen molar-refractivity contribution in [1.82, 2.24) is 13.8 Å². The molecule has 0 aliphatic carbocycles. The van der Waals surface area contributed by atoms with E-state index in [0.717, 1.165) is 15.0 Å². The molecule has 3 aromatic carbocycles. The van der Waals surface area contributed by atoms with Crippen LogP contribution in [0.4, 0.5) is 4.79 Å². The molecule has 0 radical (unpaired) electrons. The second kappa shape index (κ2) is 8.36. The number of fused-ring (bicyclic) bond motifs is 2. The summed E-state index contributed by atoms with van der Waals surface area (Å²) in [5, 5.41) is 15.1. The van der Waals surface area contributed by atoms with Crippen LogP contribution in [0.3, 0.4) is 0 Å². The van der Waals surface area contributed by atoms with E-state index < -0.39 is 21.7 Å². The number of benzene rings is 3. The first kappa shape index (κ1) is 23.3. The predicted molar refractivity (Wildman–Crippen MR) is 136 cm³/mol. The van der Waals surface area contributed by atoms with Gasteiger partial charge in [0.15, 0.2) is 0 Å². The molecule has 9 heteroatoms. The summed E-state index contributed by atoms with van der Waals surface area (Å²) in [5.41, 5.74) is 1.92. The number of carbonyl (C=O) groups excluding carboxylic acids is 1. The molecule has 5 aromatic rings. The van der Waals surface area contributed by atoms with Gasteiger partial charge in [0, 0.05) is 17.0 Å². The Bertz CT molecular complexity index is 1790. The minimum atomic E-state index is -3.98. The molecular weight excluding hydrogens is 476 g/mol. The van der Waals surface area contributed by atoms with E-state index in [0.29, 0.717) is 22.0 Å². The Morgan fingerprint density at radius 2 is 1.72 bits per heavy atom. The number of hydrogen-bond donors (Lipinski definition) is 0. The van der Waals surface area contributed by atoms with E-state index in [2.05, 4.69) is 11.2 Å². The molecule has 0 fully saturated rings. The molecule has 2 heterocycles. The van der Waals surface area contributed by atoms with Crippen molar-refractivity contribution >= 4 is 37.9 Å². The number of ether oxygens (including phenoxy) is 1. The summed E-state index contributed by atoms with van der Waals surface area (Å²) in [6.45, 7) is 5.40. The first-order valence-corrected chi connectivity index (χ1v) is 12.6. The van der Waals surface area contributed by atoms with E-state index in [4.69, 9.17) is 4.74 Å². The molecule has 0 atom stereocenters. The van der Waals surface area contributed by atoms with E-state index in [1.807, 2.05) is 6.07 Å². The normalized spacial score (nSPS) is 12.1. The zero-order valence-electron chi connectivity index (χ0n) is 19.8. The smallest absolute Gasteiger partial charge is 0.418 e. The lowest BCUT2D eigenvalue weighted by Crippen LogP contribution is -2.26. The topological polar surface area (TPSA) is 107 Å². The molecule has 0 saturated carbocycles. The lowest BCUT2D eigenvalue weighted by atomic mass is 9.98. The van der Waals surface area contributed by atoms with Gasteiger partial charge in [-0.15, -0.1) is 0 Å². The lowest BCUT2D eigenvalue weighted by Gasteiger charge is -2.19. The van der Waals surface area contributed by atoms with Crippen LogP contribution in [0.1, 0.15) is 26.3 Å². The van der Waals surface area contributed by atoms with Gasteiger partial charge >= 0.3 is 6.09 Å². The third-order valence-electron chi connectivity index (χ3n) is 5.68. The molecular formula is C27H22N4O4S. The van der Waals surface area contributed by atoms with Crippen LogP contribution in [-0.4, -0.2) is 33.9 Å². The van der Waals surface area contributed by atoms with E-state index in [-0.39, 0.29) is 10.4 Å². The zero-order chi connectivity index (χ0) is 25.7. The molecule has 0 spiro atoms. The average Bonchev–Trinajstić information content (AvgIpc) is 3.48. The summed E-state index contributed by atoms with van der Waals surface area (Å²) in [4.78, 5) is 12.8. The highest BCUT2D eigenvalue weighted by atomic mass is 32.2. The van der Waals surface area contributed by atoms with E-state index in [9.17, 15) is 18.5 Å². The van der Waals surface area contributed by atoms with Crippen molar-refractivity contribution in [2.45, 2.75) is 31.3 Å². The largest absolute Gasteiger partial charge is 0.443 e. The van der Waals surface area contributed by atoms with Crippen molar-refractivity contribution in [2.24, 2.45) is 0 Å². The fourth-order valence-electron chi connectivity index (χ4n) is 4.13. The maximum Gasteiger partial charge on any atom is 0.418 e. The molecule has 0 N–H and O–H groups in total. The van der Waals surface area contributed by atoms with Gasteiger partial charge in [0.25, 0.3) is 10.0 Å². The SMILES string of the molecule is CC(C)(C)OC(=O)n1ccc2c(-c3cc(C#N)c4cnn(S(=O)(=O)c5ccccc5)c4c3)cccc21. The molecule has 0 unspecified atom stereocenters. The van der Waals surface area contributed by atoms with Gasteiger partial charge in [0.1, 0.15) is 5.60 Å². The molecule has 2 aromatic heterocycles. The molecule has 0 saturated heterocycles. The van der Waals surface area contributed by atoms with Crippen LogP contribution in [0.15, 0.2) is 84.0 Å². The third kappa shape index (κ3) is 3.91. The standard InChI is InChI=1S/C27H22N4O4S/c1-27(2,3)35-26(32)30-13-12-22-21(10-7-11-24(22)30)18-14-19(16-28)23-17-29-31(25(23)15-18)36(33,34)20-8-5-4-6-9-20/h4-15,17H,1-3H3. The summed E-state index contributed by atoms with van der Waals surface area (Å²) in [5.74, 6) is 0. The molecule has 8 nitrogen and oxygen atoms in total. The number of rotatable bonds is 3. The quantitative estimate of drug-likeness (QED) is 0.323. The van der Waals surface area contributed by atoms with Gasteiger partial charge in [0.05, 0.1) is 33.8 Å². The second-order valence-electron chi connectivity index (χ2n) is 9.28. The summed E-state index contributed by atoms with van der Waals surface area (Å²) in [7, 11) is -3.98. The highest BCUT2D eigenvalue weighted by molar-refractivity contribution is 7.90. The Morgan fingerprint density at radius 3 is 2.42 bits per heavy atom. The molecule has 5 rings (SSSR count). The summed E-state index contributed by atoms with van der Waals surface area (Å²) < 4.78 is 34.5. The van der Waals surface area contributed by atoms with E-state index in [1.54, 1.807) is 75.5 Å². The van der Waals surface area contributed by atoms with Crippen LogP contribution in [0, 0.1) is 11.3 Å². The lowest BCUT2D eigenvalue weighted by molar-refractivity contribution is 0.0544. The number of hydrogen-bond acceptors (Lipinski definition) is 6. The van der Waals surface area contributed by atoms with Crippen molar-refractivity contribution in [3.63, 3.8) is 0 Å². The molecule has 0 bridgehead atoms. The third-order valence-corrected chi connectivity index (χ3v) is 7.29. The Balaban J connectivity index is 1.70. The number of nitriles is 1. The van der Waals surface area contributed by atoms with Gasteiger partial charge in [-0.25, -0.2) is 4.79 Å². The first-order chi connectivity index (χ1) is 17.1. The van der Waals surface area contributed by atoms with Gasteiger partial charge in [0.2, 0.25) is 0 Å². The van der Waals surface area contributed by atoms with Gasteiger partial charge in [-0.1, -0.05) is 30.3 Å². The summed E-state index contributed by atoms with van der Waals surface area (Å²) >= 11 is 0. The van der Waals surface area contributed by atoms with Crippen LogP contribution < -0.4 is 0 Å². The van der Waals surface area contributed by atoms with Crippen molar-refractivity contribution < 1.29 is 17.9 Å². The summed E-state index contributed by atoms with van der Waals surface area (Å²) in [6, 6.07) is 20.8. The fourth-order valence-corrected chi connectivity index (χ4v) is 5.41. The highest BCUT2D eigenvalue weighted by Crippen LogP contribution is 2.34. The Labute approximate surface area is 208 Å². The van der Waals surface area contributed by atoms with E-state index in [1.165, 1.54) is 22.9 Å². The molecule has 0 amide bonds. The van der Waals surface area contributed by atoms with E-state index >= 15 is 0 Å². The Morgan fingerprint density at radius 1 is 0.972 bits per heavy atom. The first-order valence-electron chi connectivity index (χ1n) is 11.2. The minimum Gasteiger partial charge on any atom is -0.443 e. The van der Waals surface area contributed by atoms with Crippen molar-refractivity contribution in [2.75, 3.05) is 0 Å². The molecule has 36 heavy (non-hydrogen) atoms. The Hall–Kier alpha value is -4.42. The van der Waals surface area contributed by atoms with Gasteiger partial charge in [-0.3, -0.25) is 4.57 Å². The van der Waals surface area contributed by atoms with Gasteiger partial charge < -0.3 is 4.74 Å². The number of aromatic nitrogens is 3. The van der Waals surface area contributed by atoms with Crippen LogP contribution >= 0.6 is 0 Å². The molecule has 0 aliphatic heterocycles. The van der Waals surface area contributed by atoms with Crippen LogP contribution in [0.5, 0.6) is 0 Å². The van der Waals surface area contributed by atoms with Crippen LogP contribution in [0.25, 0.3) is 32.9 Å².